The van der Waals surface area contributed by atoms with E-state index >= 15 is 0 Å². The molecule has 0 spiro atoms. The zero-order valence-corrected chi connectivity index (χ0v) is 22.7. The van der Waals surface area contributed by atoms with Gasteiger partial charge in [-0.1, -0.05) is 23.7 Å². The molecule has 202 valence electrons. The summed E-state index contributed by atoms with van der Waals surface area (Å²) < 4.78 is 10.4. The van der Waals surface area contributed by atoms with E-state index in [1.54, 1.807) is 44.0 Å². The van der Waals surface area contributed by atoms with Gasteiger partial charge in [-0.25, -0.2) is 14.6 Å². The molecule has 2 aromatic heterocycles. The van der Waals surface area contributed by atoms with E-state index in [1.807, 2.05) is 18.2 Å². The lowest BCUT2D eigenvalue weighted by Gasteiger charge is -2.38. The van der Waals surface area contributed by atoms with Crippen LogP contribution in [0.25, 0.3) is 11.0 Å². The van der Waals surface area contributed by atoms with Gasteiger partial charge in [-0.2, -0.15) is 0 Å². The van der Waals surface area contributed by atoms with Gasteiger partial charge in [-0.05, 0) is 44.5 Å². The number of anilines is 1. The number of carbonyl (C=O) groups is 3. The zero-order valence-electron chi connectivity index (χ0n) is 21.9. The Labute approximate surface area is 226 Å². The molecule has 0 radical (unpaired) electrons. The molecule has 11 heteroatoms. The van der Waals surface area contributed by atoms with Gasteiger partial charge in [0.05, 0.1) is 12.8 Å². The van der Waals surface area contributed by atoms with Crippen LogP contribution in [-0.4, -0.2) is 77.8 Å². The molecule has 3 heterocycles. The first-order valence-electron chi connectivity index (χ1n) is 12.4. The fraction of sp³-hybridized carbons (Fsp3) is 0.407. The van der Waals surface area contributed by atoms with Gasteiger partial charge in [0.2, 0.25) is 5.91 Å². The lowest BCUT2D eigenvalue weighted by Crippen LogP contribution is -2.56. The summed E-state index contributed by atoms with van der Waals surface area (Å²) in [5.74, 6) is -0.682. The van der Waals surface area contributed by atoms with E-state index in [-0.39, 0.29) is 12.3 Å². The highest BCUT2D eigenvalue weighted by Gasteiger charge is 2.32. The maximum atomic E-state index is 13.6. The van der Waals surface area contributed by atoms with Crippen LogP contribution in [0.3, 0.4) is 0 Å². The predicted molar refractivity (Wildman–Crippen MR) is 145 cm³/mol. The summed E-state index contributed by atoms with van der Waals surface area (Å²) in [6.07, 6.45) is 2.91. The number of carbonyl (C=O) groups excluding carboxylic acids is 3. The molecule has 1 saturated heterocycles. The number of nitrogens with zero attached hydrogens (tertiary/aromatic N) is 3. The first-order valence-corrected chi connectivity index (χ1v) is 12.8. The predicted octanol–water partition coefficient (Wildman–Crippen LogP) is 3.79. The minimum Gasteiger partial charge on any atom is -0.465 e. The van der Waals surface area contributed by atoms with Crippen LogP contribution in [0.4, 0.5) is 10.5 Å². The zero-order chi connectivity index (χ0) is 27.4. The summed E-state index contributed by atoms with van der Waals surface area (Å²) >= 11 is 6.02. The lowest BCUT2D eigenvalue weighted by molar-refractivity contribution is -0.133. The maximum absolute atomic E-state index is 13.6. The standard InChI is InChI=1S/C27H32ClN5O5/c1-27(2,3)38-26(36)31-21(15-17-5-7-18(28)8-6-17)24(34)33-13-11-32(12-14-33)22-19-9-10-29-23(19)30-16-20(22)25(35)37-4/h5-10,16,21H,11-15H2,1-4H3,(H,29,30)(H,31,36). The van der Waals surface area contributed by atoms with Crippen LogP contribution < -0.4 is 10.2 Å². The molecule has 38 heavy (non-hydrogen) atoms. The second kappa shape index (κ2) is 11.3. The molecule has 0 aliphatic carbocycles. The molecular weight excluding hydrogens is 510 g/mol. The van der Waals surface area contributed by atoms with E-state index in [1.165, 1.54) is 13.3 Å². The number of benzene rings is 1. The minimum absolute atomic E-state index is 0.208. The van der Waals surface area contributed by atoms with Crippen LogP contribution in [-0.2, 0) is 20.7 Å². The van der Waals surface area contributed by atoms with Crippen molar-refractivity contribution in [3.8, 4) is 0 Å². The van der Waals surface area contributed by atoms with Crippen molar-refractivity contribution >= 4 is 46.3 Å². The molecule has 2 N–H and O–H groups in total. The van der Waals surface area contributed by atoms with Gasteiger partial charge in [-0.3, -0.25) is 4.79 Å². The molecular formula is C27H32ClN5O5. The van der Waals surface area contributed by atoms with E-state index in [0.717, 1.165) is 16.6 Å². The number of rotatable bonds is 6. The normalized spacial score (nSPS) is 14.8. The van der Waals surface area contributed by atoms with Crippen molar-refractivity contribution in [1.29, 1.82) is 0 Å². The first kappa shape index (κ1) is 27.3. The summed E-state index contributed by atoms with van der Waals surface area (Å²) in [6, 6.07) is 8.21. The molecule has 1 unspecified atom stereocenters. The van der Waals surface area contributed by atoms with Gasteiger partial charge < -0.3 is 29.6 Å². The number of aromatic amines is 1. The first-order chi connectivity index (χ1) is 18.1. The molecule has 1 aliphatic heterocycles. The third kappa shape index (κ3) is 6.36. The van der Waals surface area contributed by atoms with Crippen LogP contribution in [0.1, 0.15) is 36.7 Å². The number of alkyl carbamates (subject to hydrolysis) is 1. The Balaban J connectivity index is 1.51. The molecule has 3 aromatic rings. The number of piperazine rings is 1. The number of fused-ring (bicyclic) bond motifs is 1. The van der Waals surface area contributed by atoms with E-state index < -0.39 is 23.7 Å². The maximum Gasteiger partial charge on any atom is 0.408 e. The Morgan fingerprint density at radius 3 is 2.42 bits per heavy atom. The summed E-state index contributed by atoms with van der Waals surface area (Å²) in [7, 11) is 1.34. The fourth-order valence-electron chi connectivity index (χ4n) is 4.47. The van der Waals surface area contributed by atoms with Crippen molar-refractivity contribution in [2.45, 2.75) is 38.8 Å². The average Bonchev–Trinajstić information content (AvgIpc) is 3.36. The van der Waals surface area contributed by atoms with Crippen molar-refractivity contribution in [3.05, 3.63) is 58.9 Å². The molecule has 10 nitrogen and oxygen atoms in total. The number of nitrogens with one attached hydrogen (secondary N) is 2. The monoisotopic (exact) mass is 541 g/mol. The Hall–Kier alpha value is -3.79. The number of pyridine rings is 1. The molecule has 4 rings (SSSR count). The number of H-pyrrole nitrogens is 1. The van der Waals surface area contributed by atoms with Crippen molar-refractivity contribution in [3.63, 3.8) is 0 Å². The Kier molecular flexibility index (Phi) is 8.11. The number of hydrogen-bond donors (Lipinski definition) is 2. The summed E-state index contributed by atoms with van der Waals surface area (Å²) in [5.41, 5.74) is 1.91. The van der Waals surface area contributed by atoms with Crippen LogP contribution >= 0.6 is 11.6 Å². The van der Waals surface area contributed by atoms with Crippen LogP contribution in [0.15, 0.2) is 42.7 Å². The third-order valence-electron chi connectivity index (χ3n) is 6.21. The molecule has 1 aliphatic rings. The lowest BCUT2D eigenvalue weighted by atomic mass is 10.0. The van der Waals surface area contributed by atoms with Crippen LogP contribution in [0.5, 0.6) is 0 Å². The number of aromatic nitrogens is 2. The van der Waals surface area contributed by atoms with Crippen molar-refractivity contribution in [2.24, 2.45) is 0 Å². The van der Waals surface area contributed by atoms with Crippen LogP contribution in [0, 0.1) is 0 Å². The van der Waals surface area contributed by atoms with Crippen molar-refractivity contribution in [1.82, 2.24) is 20.2 Å². The quantitative estimate of drug-likeness (QED) is 0.456. The largest absolute Gasteiger partial charge is 0.465 e. The number of amides is 2. The van der Waals surface area contributed by atoms with Crippen LogP contribution in [0.2, 0.25) is 5.02 Å². The van der Waals surface area contributed by atoms with Crippen molar-refractivity contribution < 1.29 is 23.9 Å². The van der Waals surface area contributed by atoms with E-state index in [0.29, 0.717) is 42.4 Å². The SMILES string of the molecule is COC(=O)c1cnc2[nH]ccc2c1N1CCN(C(=O)C(Cc2ccc(Cl)cc2)NC(=O)OC(C)(C)C)CC1. The van der Waals surface area contributed by atoms with Gasteiger partial charge in [0.25, 0.3) is 0 Å². The third-order valence-corrected chi connectivity index (χ3v) is 6.47. The summed E-state index contributed by atoms with van der Waals surface area (Å²) in [4.78, 5) is 49.9. The van der Waals surface area contributed by atoms with E-state index in [2.05, 4.69) is 20.2 Å². The molecule has 1 fully saturated rings. The second-order valence-corrected chi connectivity index (χ2v) is 10.5. The molecule has 0 bridgehead atoms. The summed E-state index contributed by atoms with van der Waals surface area (Å²) in [5, 5.41) is 4.15. The molecule has 1 atom stereocenters. The highest BCUT2D eigenvalue weighted by molar-refractivity contribution is 6.30. The smallest absolute Gasteiger partial charge is 0.408 e. The van der Waals surface area contributed by atoms with Gasteiger partial charge in [0.15, 0.2) is 0 Å². The molecule has 1 aromatic carbocycles. The Bertz CT molecular complexity index is 1310. The average molecular weight is 542 g/mol. The molecule has 2 amide bonds. The molecule has 0 saturated carbocycles. The number of ether oxygens (including phenoxy) is 2. The number of esters is 1. The Morgan fingerprint density at radius 1 is 1.11 bits per heavy atom. The Morgan fingerprint density at radius 2 is 1.79 bits per heavy atom. The number of hydrogen-bond acceptors (Lipinski definition) is 7. The van der Waals surface area contributed by atoms with Crippen molar-refractivity contribution in [2.75, 3.05) is 38.2 Å². The highest BCUT2D eigenvalue weighted by atomic mass is 35.5. The number of methoxy groups -OCH3 is 1. The van der Waals surface area contributed by atoms with Gasteiger partial charge in [0, 0.05) is 55.4 Å². The topological polar surface area (TPSA) is 117 Å². The number of halogens is 1. The highest BCUT2D eigenvalue weighted by Crippen LogP contribution is 2.31. The summed E-state index contributed by atoms with van der Waals surface area (Å²) in [6.45, 7) is 7.09. The van der Waals surface area contributed by atoms with Gasteiger partial charge in [0.1, 0.15) is 22.9 Å². The second-order valence-electron chi connectivity index (χ2n) is 10.1. The van der Waals surface area contributed by atoms with Gasteiger partial charge >= 0.3 is 12.1 Å². The fourth-order valence-corrected chi connectivity index (χ4v) is 4.60. The van der Waals surface area contributed by atoms with E-state index in [4.69, 9.17) is 21.1 Å². The van der Waals surface area contributed by atoms with Gasteiger partial charge in [-0.15, -0.1) is 0 Å². The van der Waals surface area contributed by atoms with E-state index in [9.17, 15) is 14.4 Å². The minimum atomic E-state index is -0.819.